The molecule has 0 unspecified atom stereocenters. The molecule has 0 aliphatic rings. The number of halogens is 3. The Morgan fingerprint density at radius 1 is 1.43 bits per heavy atom. The molecule has 1 aromatic rings. The molecule has 118 valence electrons. The van der Waals surface area contributed by atoms with Gasteiger partial charge in [0.25, 0.3) is 5.91 Å². The van der Waals surface area contributed by atoms with E-state index in [1.54, 1.807) is 25.5 Å². The van der Waals surface area contributed by atoms with Crippen molar-refractivity contribution in [2.45, 2.75) is 5.25 Å². The second-order valence-corrected chi connectivity index (χ2v) is 7.00. The summed E-state index contributed by atoms with van der Waals surface area (Å²) in [6, 6.07) is 4.50. The molecule has 6 nitrogen and oxygen atoms in total. The highest BCUT2D eigenvalue weighted by atomic mass is 127. The fourth-order valence-corrected chi connectivity index (χ4v) is 2.63. The molecule has 1 amide bonds. The summed E-state index contributed by atoms with van der Waals surface area (Å²) in [6.07, 6.45) is 0. The lowest BCUT2D eigenvalue weighted by Crippen LogP contribution is -2.42. The van der Waals surface area contributed by atoms with Gasteiger partial charge in [-0.25, -0.2) is 8.42 Å². The van der Waals surface area contributed by atoms with Gasteiger partial charge >= 0.3 is 5.25 Å². The lowest BCUT2D eigenvalue weighted by Gasteiger charge is -2.20. The van der Waals surface area contributed by atoms with Crippen LogP contribution in [-0.4, -0.2) is 44.8 Å². The molecule has 0 aliphatic heterocycles. The topological polar surface area (TPSA) is 89.5 Å². The molecule has 0 radical (unpaired) electrons. The van der Waals surface area contributed by atoms with Crippen molar-refractivity contribution in [1.82, 2.24) is 5.32 Å². The van der Waals surface area contributed by atoms with E-state index >= 15 is 0 Å². The SMILES string of the molecule is CN(C)c1ccc(C(=O)NCC(F)(F)S(=O)(=O)[O-])cc1I. The van der Waals surface area contributed by atoms with Crippen molar-refractivity contribution in [3.05, 3.63) is 27.3 Å². The average Bonchev–Trinajstić information content (AvgIpc) is 2.34. The van der Waals surface area contributed by atoms with Crippen molar-refractivity contribution in [1.29, 1.82) is 0 Å². The second kappa shape index (κ2) is 6.40. The summed E-state index contributed by atoms with van der Waals surface area (Å²) in [7, 11) is -2.21. The summed E-state index contributed by atoms with van der Waals surface area (Å²) in [5.74, 6) is -0.887. The highest BCUT2D eigenvalue weighted by molar-refractivity contribution is 14.1. The van der Waals surface area contributed by atoms with Crippen LogP contribution in [-0.2, 0) is 10.1 Å². The maximum atomic E-state index is 12.9. The van der Waals surface area contributed by atoms with Gasteiger partial charge in [0, 0.05) is 28.9 Å². The van der Waals surface area contributed by atoms with Gasteiger partial charge in [-0.15, -0.1) is 0 Å². The molecule has 1 aromatic carbocycles. The standard InChI is InChI=1S/C11H13F2IN2O4S/c1-16(2)9-4-3-7(5-8(9)14)10(17)15-6-11(12,13)21(18,19)20/h3-5H,6H2,1-2H3,(H,15,17)(H,18,19,20)/p-1. The van der Waals surface area contributed by atoms with Crippen LogP contribution in [0.4, 0.5) is 14.5 Å². The molecule has 0 aromatic heterocycles. The molecular weight excluding hydrogens is 421 g/mol. The molecule has 0 spiro atoms. The van der Waals surface area contributed by atoms with E-state index < -0.39 is 27.8 Å². The molecule has 0 saturated heterocycles. The number of anilines is 1. The van der Waals surface area contributed by atoms with E-state index in [0.717, 1.165) is 5.69 Å². The number of rotatable bonds is 5. The van der Waals surface area contributed by atoms with E-state index in [-0.39, 0.29) is 5.56 Å². The Hall–Kier alpha value is -1.01. The van der Waals surface area contributed by atoms with Crippen LogP contribution in [0.3, 0.4) is 0 Å². The third-order valence-electron chi connectivity index (χ3n) is 2.51. The highest BCUT2D eigenvalue weighted by Crippen LogP contribution is 2.22. The van der Waals surface area contributed by atoms with Crippen molar-refractivity contribution in [3.63, 3.8) is 0 Å². The van der Waals surface area contributed by atoms with E-state index in [2.05, 4.69) is 0 Å². The first kappa shape index (κ1) is 18.0. The molecule has 10 heteroatoms. The molecule has 0 aliphatic carbocycles. The predicted molar refractivity (Wildman–Crippen MR) is 80.5 cm³/mol. The van der Waals surface area contributed by atoms with E-state index in [1.165, 1.54) is 12.1 Å². The smallest absolute Gasteiger partial charge is 0.351 e. The highest BCUT2D eigenvalue weighted by Gasteiger charge is 2.37. The third kappa shape index (κ3) is 4.48. The van der Waals surface area contributed by atoms with E-state index in [1.807, 2.05) is 27.5 Å². The van der Waals surface area contributed by atoms with Gasteiger partial charge in [-0.3, -0.25) is 4.79 Å². The van der Waals surface area contributed by atoms with Gasteiger partial charge in [0.15, 0.2) is 10.1 Å². The first-order chi connectivity index (χ1) is 9.45. The van der Waals surface area contributed by atoms with Gasteiger partial charge in [-0.1, -0.05) is 0 Å². The lowest BCUT2D eigenvalue weighted by molar-refractivity contribution is 0.0692. The van der Waals surface area contributed by atoms with Crippen LogP contribution in [0.2, 0.25) is 0 Å². The molecule has 0 atom stereocenters. The first-order valence-corrected chi connectivity index (χ1v) is 8.03. The zero-order chi connectivity index (χ0) is 16.4. The largest absolute Gasteiger partial charge is 0.743 e. The number of amides is 1. The summed E-state index contributed by atoms with van der Waals surface area (Å²) in [5.41, 5.74) is 0.920. The summed E-state index contributed by atoms with van der Waals surface area (Å²) >= 11 is 1.98. The maximum Gasteiger partial charge on any atom is 0.351 e. The number of hydrogen-bond acceptors (Lipinski definition) is 5. The van der Waals surface area contributed by atoms with Crippen LogP contribution in [0.5, 0.6) is 0 Å². The van der Waals surface area contributed by atoms with Crippen molar-refractivity contribution in [3.8, 4) is 0 Å². The maximum absolute atomic E-state index is 12.9. The second-order valence-electron chi connectivity index (χ2n) is 4.33. The first-order valence-electron chi connectivity index (χ1n) is 5.54. The zero-order valence-corrected chi connectivity index (χ0v) is 14.0. The normalized spacial score (nSPS) is 12.1. The summed E-state index contributed by atoms with van der Waals surface area (Å²) in [6.45, 7) is -1.57. The molecule has 0 fully saturated rings. The molecule has 1 N–H and O–H groups in total. The fraction of sp³-hybridized carbons (Fsp3) is 0.364. The Kier molecular flexibility index (Phi) is 5.50. The molecule has 0 saturated carbocycles. The van der Waals surface area contributed by atoms with Crippen LogP contribution in [0, 0.1) is 3.57 Å². The van der Waals surface area contributed by atoms with Crippen molar-refractivity contribution < 1.29 is 26.5 Å². The fourth-order valence-electron chi connectivity index (χ4n) is 1.38. The van der Waals surface area contributed by atoms with E-state index in [9.17, 15) is 26.5 Å². The molecule has 0 bridgehead atoms. The Labute approximate surface area is 134 Å². The molecule has 21 heavy (non-hydrogen) atoms. The van der Waals surface area contributed by atoms with Gasteiger partial charge in [0.2, 0.25) is 0 Å². The molecule has 0 heterocycles. The molecule has 1 rings (SSSR count). The summed E-state index contributed by atoms with van der Waals surface area (Å²) < 4.78 is 57.5. The number of hydrogen-bond donors (Lipinski definition) is 1. The van der Waals surface area contributed by atoms with Gasteiger partial charge < -0.3 is 14.8 Å². The van der Waals surface area contributed by atoms with Crippen molar-refractivity contribution in [2.24, 2.45) is 0 Å². The van der Waals surface area contributed by atoms with Gasteiger partial charge in [0.1, 0.15) is 0 Å². The number of carbonyl (C=O) groups is 1. The summed E-state index contributed by atoms with van der Waals surface area (Å²) in [4.78, 5) is 13.5. The monoisotopic (exact) mass is 433 g/mol. The minimum atomic E-state index is -5.81. The van der Waals surface area contributed by atoms with Crippen LogP contribution in [0.1, 0.15) is 10.4 Å². The number of carbonyl (C=O) groups excluding carboxylic acids is 1. The zero-order valence-electron chi connectivity index (χ0n) is 11.1. The third-order valence-corrected chi connectivity index (χ3v) is 4.25. The summed E-state index contributed by atoms with van der Waals surface area (Å²) in [5, 5.41) is -2.81. The van der Waals surface area contributed by atoms with Crippen molar-refractivity contribution in [2.75, 3.05) is 25.5 Å². The number of nitrogens with one attached hydrogen (secondary N) is 1. The van der Waals surface area contributed by atoms with Crippen LogP contribution < -0.4 is 10.2 Å². The minimum absolute atomic E-state index is 0.0871. The van der Waals surface area contributed by atoms with E-state index in [4.69, 9.17) is 0 Å². The number of alkyl halides is 2. The number of nitrogens with zero attached hydrogens (tertiary/aromatic N) is 1. The number of benzene rings is 1. The Bertz CT molecular complexity index is 650. The van der Waals surface area contributed by atoms with Gasteiger partial charge in [0.05, 0.1) is 6.54 Å². The Morgan fingerprint density at radius 2 is 2.00 bits per heavy atom. The lowest BCUT2D eigenvalue weighted by atomic mass is 10.2. The quantitative estimate of drug-likeness (QED) is 0.558. The van der Waals surface area contributed by atoms with Crippen LogP contribution >= 0.6 is 22.6 Å². The minimum Gasteiger partial charge on any atom is -0.743 e. The molecular formula is C11H12F2IN2O4S-. The average molecular weight is 433 g/mol. The van der Waals surface area contributed by atoms with Gasteiger partial charge in [-0.2, -0.15) is 8.78 Å². The van der Waals surface area contributed by atoms with E-state index in [0.29, 0.717) is 3.57 Å². The van der Waals surface area contributed by atoms with Crippen LogP contribution in [0.15, 0.2) is 18.2 Å². The Balaban J connectivity index is 2.85. The van der Waals surface area contributed by atoms with Gasteiger partial charge in [-0.05, 0) is 40.8 Å². The Morgan fingerprint density at radius 3 is 2.43 bits per heavy atom. The van der Waals surface area contributed by atoms with Crippen LogP contribution in [0.25, 0.3) is 0 Å². The van der Waals surface area contributed by atoms with Crippen molar-refractivity contribution >= 4 is 44.3 Å². The predicted octanol–water partition coefficient (Wildman–Crippen LogP) is 1.22.